The fraction of sp³-hybridized carbons (Fsp3) is 0.235. The Balaban J connectivity index is 2.30. The van der Waals surface area contributed by atoms with Gasteiger partial charge in [0.15, 0.2) is 5.84 Å². The van der Waals surface area contributed by atoms with Crippen molar-refractivity contribution in [1.29, 1.82) is 10.7 Å². The zero-order chi connectivity index (χ0) is 18.3. The van der Waals surface area contributed by atoms with E-state index in [9.17, 15) is 14.9 Å². The summed E-state index contributed by atoms with van der Waals surface area (Å²) in [5, 5.41) is 17.6. The Labute approximate surface area is 144 Å². The fourth-order valence-corrected chi connectivity index (χ4v) is 3.02. The number of carbonyl (C=O) groups excluding carboxylic acids is 2. The zero-order valence-electron chi connectivity index (χ0n) is 13.9. The van der Waals surface area contributed by atoms with E-state index in [2.05, 4.69) is 4.99 Å². The van der Waals surface area contributed by atoms with Crippen molar-refractivity contribution in [2.24, 2.45) is 10.9 Å². The number of carbonyl (C=O) groups is 2. The minimum absolute atomic E-state index is 0.0113. The predicted octanol–water partition coefficient (Wildman–Crippen LogP) is 1.50. The van der Waals surface area contributed by atoms with Crippen molar-refractivity contribution < 1.29 is 14.3 Å². The number of ether oxygens (including phenoxy) is 1. The molecule has 2 aliphatic rings. The number of aliphatic imine (C=N–C) groups is 1. The van der Waals surface area contributed by atoms with Gasteiger partial charge in [-0.3, -0.25) is 20.0 Å². The number of imide groups is 1. The van der Waals surface area contributed by atoms with Gasteiger partial charge >= 0.3 is 6.03 Å². The van der Waals surface area contributed by atoms with E-state index in [0.717, 1.165) is 4.90 Å². The van der Waals surface area contributed by atoms with Crippen molar-refractivity contribution in [2.75, 3.05) is 21.2 Å². The molecule has 1 unspecified atom stereocenters. The van der Waals surface area contributed by atoms with Crippen LogP contribution in [0.15, 0.2) is 34.8 Å². The van der Waals surface area contributed by atoms with Gasteiger partial charge in [0.05, 0.1) is 7.11 Å². The predicted molar refractivity (Wildman–Crippen MR) is 90.1 cm³/mol. The number of nitriles is 1. The number of benzene rings is 1. The van der Waals surface area contributed by atoms with Crippen LogP contribution in [-0.2, 0) is 4.79 Å². The second-order valence-corrected chi connectivity index (χ2v) is 5.59. The van der Waals surface area contributed by atoms with Crippen LogP contribution in [0.3, 0.4) is 0 Å². The summed E-state index contributed by atoms with van der Waals surface area (Å²) in [6.45, 7) is 0. The highest BCUT2D eigenvalue weighted by atomic mass is 16.5. The molecule has 0 radical (unpaired) electrons. The van der Waals surface area contributed by atoms with Gasteiger partial charge in [-0.15, -0.1) is 0 Å². The van der Waals surface area contributed by atoms with Crippen molar-refractivity contribution in [1.82, 2.24) is 9.80 Å². The number of amidine groups is 2. The molecule has 0 aliphatic carbocycles. The number of amides is 3. The van der Waals surface area contributed by atoms with E-state index in [4.69, 9.17) is 10.1 Å². The van der Waals surface area contributed by atoms with Crippen molar-refractivity contribution in [3.05, 3.63) is 35.4 Å². The molecule has 2 aliphatic heterocycles. The number of methoxy groups -OCH3 is 1. The van der Waals surface area contributed by atoms with Gasteiger partial charge in [0.25, 0.3) is 0 Å². The molecule has 1 fully saturated rings. The van der Waals surface area contributed by atoms with Crippen LogP contribution in [0.5, 0.6) is 5.75 Å². The van der Waals surface area contributed by atoms with E-state index < -0.39 is 17.9 Å². The molecule has 3 amide bonds. The molecule has 1 atom stereocenters. The van der Waals surface area contributed by atoms with E-state index in [1.807, 2.05) is 6.07 Å². The molecule has 1 aromatic rings. The monoisotopic (exact) mass is 337 g/mol. The molecule has 1 N–H and O–H groups in total. The number of rotatable bonds is 2. The lowest BCUT2D eigenvalue weighted by molar-refractivity contribution is -0.129. The first-order chi connectivity index (χ1) is 11.9. The molecule has 0 saturated carbocycles. The third-order valence-corrected chi connectivity index (χ3v) is 4.28. The second kappa shape index (κ2) is 5.87. The van der Waals surface area contributed by atoms with Crippen LogP contribution in [0.2, 0.25) is 0 Å². The molecule has 1 aromatic carbocycles. The van der Waals surface area contributed by atoms with Gasteiger partial charge in [-0.25, -0.2) is 9.79 Å². The minimum Gasteiger partial charge on any atom is -0.496 e. The third-order valence-electron chi connectivity index (χ3n) is 4.28. The van der Waals surface area contributed by atoms with Gasteiger partial charge in [0.1, 0.15) is 29.1 Å². The van der Waals surface area contributed by atoms with Gasteiger partial charge in [-0.2, -0.15) is 5.26 Å². The fourth-order valence-electron chi connectivity index (χ4n) is 3.02. The highest BCUT2D eigenvalue weighted by Gasteiger charge is 2.47. The normalized spacial score (nSPS) is 20.3. The average molecular weight is 337 g/mol. The first kappa shape index (κ1) is 16.4. The number of dihydropyridines is 1. The van der Waals surface area contributed by atoms with Crippen LogP contribution in [0.25, 0.3) is 5.57 Å². The average Bonchev–Trinajstić information content (AvgIpc) is 2.63. The number of hydrogen-bond donors (Lipinski definition) is 1. The molecular weight excluding hydrogens is 322 g/mol. The van der Waals surface area contributed by atoms with Crippen molar-refractivity contribution in [3.63, 3.8) is 0 Å². The summed E-state index contributed by atoms with van der Waals surface area (Å²) in [6.07, 6.45) is 0. The first-order valence-electron chi connectivity index (χ1n) is 7.42. The molecule has 3 rings (SSSR count). The van der Waals surface area contributed by atoms with Crippen molar-refractivity contribution in [3.8, 4) is 11.8 Å². The molecule has 8 heteroatoms. The number of para-hydroxylation sites is 1. The number of urea groups is 1. The zero-order valence-corrected chi connectivity index (χ0v) is 13.9. The van der Waals surface area contributed by atoms with Crippen LogP contribution in [-0.4, -0.2) is 54.6 Å². The summed E-state index contributed by atoms with van der Waals surface area (Å²) < 4.78 is 5.36. The molecule has 25 heavy (non-hydrogen) atoms. The molecule has 1 saturated heterocycles. The Morgan fingerprint density at radius 1 is 1.24 bits per heavy atom. The summed E-state index contributed by atoms with van der Waals surface area (Å²) in [7, 11) is 4.35. The van der Waals surface area contributed by atoms with Crippen LogP contribution < -0.4 is 4.74 Å². The van der Waals surface area contributed by atoms with Gasteiger partial charge in [0.2, 0.25) is 5.91 Å². The summed E-state index contributed by atoms with van der Waals surface area (Å²) >= 11 is 0. The van der Waals surface area contributed by atoms with Crippen LogP contribution in [0, 0.1) is 22.7 Å². The molecule has 0 aromatic heterocycles. The summed E-state index contributed by atoms with van der Waals surface area (Å²) in [4.78, 5) is 31.3. The lowest BCUT2D eigenvalue weighted by Gasteiger charge is -2.38. The summed E-state index contributed by atoms with van der Waals surface area (Å²) in [6, 6.07) is 8.37. The Morgan fingerprint density at radius 3 is 2.56 bits per heavy atom. The van der Waals surface area contributed by atoms with E-state index in [1.54, 1.807) is 24.3 Å². The quantitative estimate of drug-likeness (QED) is 0.881. The molecule has 8 nitrogen and oxygen atoms in total. The van der Waals surface area contributed by atoms with Crippen LogP contribution in [0.4, 0.5) is 4.79 Å². The molecule has 0 spiro atoms. The standard InChI is InChI=1S/C17H15N5O3/c1-21-15-13(16(23)22(2)17(21)24)12(10(8-18)14(19)20-15)9-6-4-5-7-11(9)25-3/h4-7,13,19H,1-3H3. The maximum atomic E-state index is 12.8. The smallest absolute Gasteiger partial charge is 0.331 e. The maximum Gasteiger partial charge on any atom is 0.331 e. The SMILES string of the molecule is COc1ccccc1C1=C(C#N)C(=N)N=C2C1C(=O)N(C)C(=O)N2C. The van der Waals surface area contributed by atoms with E-state index in [1.165, 1.54) is 26.1 Å². The highest BCUT2D eigenvalue weighted by molar-refractivity contribution is 6.31. The number of nitrogens with zero attached hydrogens (tertiary/aromatic N) is 4. The number of nitrogens with one attached hydrogen (secondary N) is 1. The molecule has 126 valence electrons. The maximum absolute atomic E-state index is 12.8. The Kier molecular flexibility index (Phi) is 3.85. The minimum atomic E-state index is -0.951. The van der Waals surface area contributed by atoms with Gasteiger partial charge in [-0.1, -0.05) is 18.2 Å². The lowest BCUT2D eigenvalue weighted by atomic mass is 9.82. The Morgan fingerprint density at radius 2 is 1.92 bits per heavy atom. The second-order valence-electron chi connectivity index (χ2n) is 5.59. The van der Waals surface area contributed by atoms with E-state index >= 15 is 0 Å². The first-order valence-corrected chi connectivity index (χ1v) is 7.42. The van der Waals surface area contributed by atoms with Crippen LogP contribution >= 0.6 is 0 Å². The van der Waals surface area contributed by atoms with Crippen LogP contribution in [0.1, 0.15) is 5.56 Å². The summed E-state index contributed by atoms with van der Waals surface area (Å²) in [5.74, 6) is -1.13. The van der Waals surface area contributed by atoms with Crippen molar-refractivity contribution >= 4 is 29.2 Å². The Hall–Kier alpha value is -3.47. The topological polar surface area (TPSA) is 110 Å². The number of fused-ring (bicyclic) bond motifs is 1. The van der Waals surface area contributed by atoms with Gasteiger partial charge in [0, 0.05) is 25.2 Å². The third kappa shape index (κ3) is 2.29. The highest BCUT2D eigenvalue weighted by Crippen LogP contribution is 2.39. The van der Waals surface area contributed by atoms with E-state index in [0.29, 0.717) is 16.9 Å². The number of hydrogen-bond acceptors (Lipinski definition) is 5. The molecule has 2 heterocycles. The molecular formula is C17H15N5O3. The van der Waals surface area contributed by atoms with Gasteiger partial charge < -0.3 is 4.74 Å². The Bertz CT molecular complexity index is 909. The van der Waals surface area contributed by atoms with Crippen molar-refractivity contribution in [2.45, 2.75) is 0 Å². The van der Waals surface area contributed by atoms with Gasteiger partial charge in [-0.05, 0) is 6.07 Å². The largest absolute Gasteiger partial charge is 0.496 e. The van der Waals surface area contributed by atoms with E-state index in [-0.39, 0.29) is 17.2 Å². The summed E-state index contributed by atoms with van der Waals surface area (Å²) in [5.41, 5.74) is 0.835. The lowest BCUT2D eigenvalue weighted by Crippen LogP contribution is -2.58. The molecule has 0 bridgehead atoms.